The molecule has 0 aliphatic heterocycles. The third-order valence-electron chi connectivity index (χ3n) is 2.21. The van der Waals surface area contributed by atoms with E-state index in [1.807, 2.05) is 6.92 Å². The van der Waals surface area contributed by atoms with Crippen molar-refractivity contribution in [3.8, 4) is 0 Å². The zero-order valence-corrected chi connectivity index (χ0v) is 10.2. The summed E-state index contributed by atoms with van der Waals surface area (Å²) in [6.45, 7) is 4.68. The van der Waals surface area contributed by atoms with Gasteiger partial charge in [-0.05, 0) is 32.0 Å². The molecule has 0 spiro atoms. The van der Waals surface area contributed by atoms with Crippen LogP contribution in [0, 0.1) is 5.82 Å². The largest absolute Gasteiger partial charge is 0.382 e. The number of nitrogens with one attached hydrogen (secondary N) is 1. The molecule has 16 heavy (non-hydrogen) atoms. The van der Waals surface area contributed by atoms with Gasteiger partial charge in [-0.15, -0.1) is 0 Å². The molecule has 0 saturated carbocycles. The third-order valence-corrected chi connectivity index (χ3v) is 2.56. The smallest absolute Gasteiger partial charge is 0.129 e. The molecule has 0 bridgehead atoms. The van der Waals surface area contributed by atoms with E-state index < -0.39 is 0 Å². The van der Waals surface area contributed by atoms with Gasteiger partial charge in [-0.3, -0.25) is 0 Å². The molecule has 0 aliphatic rings. The van der Waals surface area contributed by atoms with Crippen molar-refractivity contribution in [2.45, 2.75) is 19.9 Å². The van der Waals surface area contributed by atoms with Crippen LogP contribution in [0.1, 0.15) is 18.9 Å². The Hall–Kier alpha value is -0.640. The van der Waals surface area contributed by atoms with Crippen molar-refractivity contribution in [1.82, 2.24) is 5.32 Å². The van der Waals surface area contributed by atoms with Crippen molar-refractivity contribution < 1.29 is 9.13 Å². The van der Waals surface area contributed by atoms with E-state index in [0.717, 1.165) is 26.2 Å². The molecule has 4 heteroatoms. The summed E-state index contributed by atoms with van der Waals surface area (Å²) in [6, 6.07) is 4.72. The van der Waals surface area contributed by atoms with Gasteiger partial charge in [0.15, 0.2) is 0 Å². The lowest BCUT2D eigenvalue weighted by molar-refractivity contribution is 0.144. The predicted molar refractivity (Wildman–Crippen MR) is 64.2 cm³/mol. The van der Waals surface area contributed by atoms with Gasteiger partial charge in [-0.25, -0.2) is 4.39 Å². The Morgan fingerprint density at radius 2 is 2.25 bits per heavy atom. The number of ether oxygens (including phenoxy) is 1. The highest BCUT2D eigenvalue weighted by Crippen LogP contribution is 2.18. The molecule has 0 fully saturated rings. The van der Waals surface area contributed by atoms with Crippen LogP contribution in [-0.2, 0) is 11.3 Å². The summed E-state index contributed by atoms with van der Waals surface area (Å²) in [7, 11) is 0. The summed E-state index contributed by atoms with van der Waals surface area (Å²) < 4.78 is 18.5. The SMILES string of the molecule is CCOCCCNCc1c(F)cccc1Cl. The fraction of sp³-hybridized carbons (Fsp3) is 0.500. The molecule has 1 aromatic carbocycles. The van der Waals surface area contributed by atoms with Gasteiger partial charge in [0.2, 0.25) is 0 Å². The number of benzene rings is 1. The fourth-order valence-corrected chi connectivity index (χ4v) is 1.59. The number of halogens is 2. The van der Waals surface area contributed by atoms with Gasteiger partial charge in [-0.1, -0.05) is 17.7 Å². The molecule has 0 aromatic heterocycles. The minimum atomic E-state index is -0.259. The Labute approximate surface area is 101 Å². The van der Waals surface area contributed by atoms with E-state index in [4.69, 9.17) is 16.3 Å². The van der Waals surface area contributed by atoms with E-state index in [1.54, 1.807) is 12.1 Å². The molecule has 0 aliphatic carbocycles. The Kier molecular flexibility index (Phi) is 6.38. The minimum Gasteiger partial charge on any atom is -0.382 e. The molecule has 0 radical (unpaired) electrons. The van der Waals surface area contributed by atoms with Crippen LogP contribution >= 0.6 is 11.6 Å². The number of hydrogen-bond acceptors (Lipinski definition) is 2. The van der Waals surface area contributed by atoms with Crippen LogP contribution in [0.25, 0.3) is 0 Å². The molecule has 0 atom stereocenters. The van der Waals surface area contributed by atoms with E-state index in [9.17, 15) is 4.39 Å². The summed E-state index contributed by atoms with van der Waals surface area (Å²) in [6.07, 6.45) is 0.917. The molecule has 1 N–H and O–H groups in total. The first-order valence-corrected chi connectivity index (χ1v) is 5.85. The van der Waals surface area contributed by atoms with E-state index in [-0.39, 0.29) is 5.82 Å². The average Bonchev–Trinajstić information content (AvgIpc) is 2.26. The molecule has 1 aromatic rings. The predicted octanol–water partition coefficient (Wildman–Crippen LogP) is 3.00. The van der Waals surface area contributed by atoms with Gasteiger partial charge in [0.05, 0.1) is 0 Å². The second-order valence-corrected chi connectivity index (χ2v) is 3.83. The quantitative estimate of drug-likeness (QED) is 0.746. The van der Waals surface area contributed by atoms with Crippen molar-refractivity contribution in [3.05, 3.63) is 34.6 Å². The minimum absolute atomic E-state index is 0.259. The van der Waals surface area contributed by atoms with E-state index >= 15 is 0 Å². The summed E-state index contributed by atoms with van der Waals surface area (Å²) in [4.78, 5) is 0. The van der Waals surface area contributed by atoms with Crippen molar-refractivity contribution in [2.24, 2.45) is 0 Å². The van der Waals surface area contributed by atoms with Crippen molar-refractivity contribution in [1.29, 1.82) is 0 Å². The van der Waals surface area contributed by atoms with Crippen molar-refractivity contribution in [3.63, 3.8) is 0 Å². The van der Waals surface area contributed by atoms with E-state index in [1.165, 1.54) is 6.07 Å². The number of rotatable bonds is 7. The molecular formula is C12H17ClFNO. The molecule has 0 unspecified atom stereocenters. The van der Waals surface area contributed by atoms with Crippen LogP contribution in [0.4, 0.5) is 4.39 Å². The van der Waals surface area contributed by atoms with E-state index in [2.05, 4.69) is 5.32 Å². The highest BCUT2D eigenvalue weighted by molar-refractivity contribution is 6.31. The standard InChI is InChI=1S/C12H17ClFNO/c1-2-16-8-4-7-15-9-10-11(13)5-3-6-12(10)14/h3,5-6,15H,2,4,7-9H2,1H3. The lowest BCUT2D eigenvalue weighted by atomic mass is 10.2. The Balaban J connectivity index is 2.26. The maximum Gasteiger partial charge on any atom is 0.129 e. The molecule has 0 heterocycles. The Morgan fingerprint density at radius 3 is 2.94 bits per heavy atom. The summed E-state index contributed by atoms with van der Waals surface area (Å²) in [5.41, 5.74) is 0.528. The average molecular weight is 246 g/mol. The van der Waals surface area contributed by atoms with Gasteiger partial charge < -0.3 is 10.1 Å². The normalized spacial score (nSPS) is 10.7. The maximum atomic E-state index is 13.3. The van der Waals surface area contributed by atoms with Gasteiger partial charge in [0.25, 0.3) is 0 Å². The van der Waals surface area contributed by atoms with Gasteiger partial charge in [0.1, 0.15) is 5.82 Å². The molecule has 2 nitrogen and oxygen atoms in total. The van der Waals surface area contributed by atoms with Crippen LogP contribution in [-0.4, -0.2) is 19.8 Å². The van der Waals surface area contributed by atoms with Gasteiger partial charge in [0, 0.05) is 30.3 Å². The lowest BCUT2D eigenvalue weighted by Crippen LogP contribution is -2.17. The summed E-state index contributed by atoms with van der Waals surface area (Å²) in [5.74, 6) is -0.259. The third kappa shape index (κ3) is 4.47. The molecule has 1 rings (SSSR count). The topological polar surface area (TPSA) is 21.3 Å². The molecular weight excluding hydrogens is 229 g/mol. The zero-order valence-electron chi connectivity index (χ0n) is 9.43. The number of hydrogen-bond donors (Lipinski definition) is 1. The monoisotopic (exact) mass is 245 g/mol. The highest BCUT2D eigenvalue weighted by atomic mass is 35.5. The Morgan fingerprint density at radius 1 is 1.44 bits per heavy atom. The molecule has 0 amide bonds. The molecule has 90 valence electrons. The first-order valence-electron chi connectivity index (χ1n) is 5.47. The highest BCUT2D eigenvalue weighted by Gasteiger charge is 2.05. The lowest BCUT2D eigenvalue weighted by Gasteiger charge is -2.07. The van der Waals surface area contributed by atoms with Crippen molar-refractivity contribution in [2.75, 3.05) is 19.8 Å². The fourth-order valence-electron chi connectivity index (χ4n) is 1.36. The first kappa shape index (κ1) is 13.4. The van der Waals surface area contributed by atoms with Crippen molar-refractivity contribution >= 4 is 11.6 Å². The van der Waals surface area contributed by atoms with Gasteiger partial charge >= 0.3 is 0 Å². The second kappa shape index (κ2) is 7.60. The molecule has 0 saturated heterocycles. The first-order chi connectivity index (χ1) is 7.75. The maximum absolute atomic E-state index is 13.3. The zero-order chi connectivity index (χ0) is 11.8. The van der Waals surface area contributed by atoms with Crippen LogP contribution in [0.5, 0.6) is 0 Å². The summed E-state index contributed by atoms with van der Waals surface area (Å²) >= 11 is 5.89. The van der Waals surface area contributed by atoms with Crippen LogP contribution in [0.2, 0.25) is 5.02 Å². The van der Waals surface area contributed by atoms with Crippen LogP contribution < -0.4 is 5.32 Å². The van der Waals surface area contributed by atoms with Gasteiger partial charge in [-0.2, -0.15) is 0 Å². The second-order valence-electron chi connectivity index (χ2n) is 3.43. The van der Waals surface area contributed by atoms with Crippen LogP contribution in [0.3, 0.4) is 0 Å². The summed E-state index contributed by atoms with van der Waals surface area (Å²) in [5, 5.41) is 3.61. The Bertz CT molecular complexity index is 300. The van der Waals surface area contributed by atoms with E-state index in [0.29, 0.717) is 17.1 Å². The van der Waals surface area contributed by atoms with Crippen LogP contribution in [0.15, 0.2) is 18.2 Å².